The van der Waals surface area contributed by atoms with Gasteiger partial charge in [-0.2, -0.15) is 0 Å². The Labute approximate surface area is 114 Å². The lowest BCUT2D eigenvalue weighted by molar-refractivity contribution is 0.0684. The Balaban J connectivity index is 2.53. The van der Waals surface area contributed by atoms with Gasteiger partial charge in [-0.15, -0.1) is 0 Å². The van der Waals surface area contributed by atoms with Crippen molar-refractivity contribution in [1.82, 2.24) is 9.47 Å². The van der Waals surface area contributed by atoms with E-state index in [1.54, 1.807) is 17.7 Å². The number of nitrogens with zero attached hydrogens (tertiary/aromatic N) is 2. The molecule has 96 valence electrons. The van der Waals surface area contributed by atoms with Crippen molar-refractivity contribution < 1.29 is 14.6 Å². The number of carboxylic acids is 1. The summed E-state index contributed by atoms with van der Waals surface area (Å²) >= 11 is 2.12. The summed E-state index contributed by atoms with van der Waals surface area (Å²) in [6, 6.07) is 1.68. The van der Waals surface area contributed by atoms with E-state index in [1.807, 2.05) is 13.2 Å². The molecule has 0 aliphatic carbocycles. The SMILES string of the molecule is COCCN(C)CCn1cc(I)cc1C(=O)O. The average Bonchev–Trinajstić information content (AvgIpc) is 2.65. The smallest absolute Gasteiger partial charge is 0.352 e. The maximum atomic E-state index is 11.0. The number of halogens is 1. The van der Waals surface area contributed by atoms with E-state index in [4.69, 9.17) is 9.84 Å². The molecule has 1 aromatic heterocycles. The van der Waals surface area contributed by atoms with E-state index in [9.17, 15) is 4.79 Å². The van der Waals surface area contributed by atoms with Gasteiger partial charge in [0.15, 0.2) is 0 Å². The highest BCUT2D eigenvalue weighted by molar-refractivity contribution is 14.1. The average molecular weight is 352 g/mol. The van der Waals surface area contributed by atoms with Gasteiger partial charge in [0.1, 0.15) is 5.69 Å². The van der Waals surface area contributed by atoms with Crippen LogP contribution in [0.15, 0.2) is 12.3 Å². The minimum Gasteiger partial charge on any atom is -0.477 e. The Morgan fingerprint density at radius 3 is 2.88 bits per heavy atom. The minimum absolute atomic E-state index is 0.342. The molecule has 0 saturated heterocycles. The van der Waals surface area contributed by atoms with Crippen molar-refractivity contribution >= 4 is 28.6 Å². The molecule has 1 aromatic rings. The van der Waals surface area contributed by atoms with E-state index in [0.717, 1.165) is 16.7 Å². The lowest BCUT2D eigenvalue weighted by Gasteiger charge is -2.16. The van der Waals surface area contributed by atoms with Gasteiger partial charge in [0.25, 0.3) is 0 Å². The van der Waals surface area contributed by atoms with Crippen molar-refractivity contribution in [1.29, 1.82) is 0 Å². The molecular formula is C11H17IN2O3. The summed E-state index contributed by atoms with van der Waals surface area (Å²) in [6.07, 6.45) is 1.86. The molecule has 0 aliphatic heterocycles. The zero-order valence-corrected chi connectivity index (χ0v) is 12.2. The first-order chi connectivity index (χ1) is 8.04. The topological polar surface area (TPSA) is 54.7 Å². The fourth-order valence-corrected chi connectivity index (χ4v) is 2.11. The van der Waals surface area contributed by atoms with Crippen molar-refractivity contribution in [3.8, 4) is 0 Å². The largest absolute Gasteiger partial charge is 0.477 e. The number of carboxylic acid groups (broad SMARTS) is 1. The maximum absolute atomic E-state index is 11.0. The first-order valence-corrected chi connectivity index (χ1v) is 6.39. The van der Waals surface area contributed by atoms with E-state index < -0.39 is 5.97 Å². The number of hydrogen-bond donors (Lipinski definition) is 1. The summed E-state index contributed by atoms with van der Waals surface area (Å²) in [5, 5.41) is 9.03. The normalized spacial score (nSPS) is 11.1. The van der Waals surface area contributed by atoms with E-state index in [1.165, 1.54) is 0 Å². The molecule has 0 amide bonds. The molecule has 0 aromatic carbocycles. The fraction of sp³-hybridized carbons (Fsp3) is 0.545. The molecule has 17 heavy (non-hydrogen) atoms. The quantitative estimate of drug-likeness (QED) is 0.754. The Hall–Kier alpha value is -0.600. The highest BCUT2D eigenvalue weighted by atomic mass is 127. The second kappa shape index (κ2) is 6.97. The molecule has 1 N–H and O–H groups in total. The van der Waals surface area contributed by atoms with E-state index in [0.29, 0.717) is 18.8 Å². The molecule has 6 heteroatoms. The van der Waals surface area contributed by atoms with E-state index in [2.05, 4.69) is 27.5 Å². The Bertz CT molecular complexity index is 379. The first-order valence-electron chi connectivity index (χ1n) is 5.31. The zero-order valence-electron chi connectivity index (χ0n) is 10.0. The van der Waals surface area contributed by atoms with Crippen molar-refractivity contribution in [2.75, 3.05) is 33.9 Å². The molecule has 0 unspecified atom stereocenters. The third-order valence-corrected chi connectivity index (χ3v) is 3.07. The molecular weight excluding hydrogens is 335 g/mol. The van der Waals surface area contributed by atoms with Crippen molar-refractivity contribution in [3.63, 3.8) is 0 Å². The molecule has 0 bridgehead atoms. The lowest BCUT2D eigenvalue weighted by Crippen LogP contribution is -2.27. The summed E-state index contributed by atoms with van der Waals surface area (Å²) in [7, 11) is 3.67. The van der Waals surface area contributed by atoms with Gasteiger partial charge in [-0.25, -0.2) is 4.79 Å². The summed E-state index contributed by atoms with van der Waals surface area (Å²) in [5.74, 6) is -0.882. The summed E-state index contributed by atoms with van der Waals surface area (Å²) in [4.78, 5) is 13.1. The van der Waals surface area contributed by atoms with E-state index >= 15 is 0 Å². The number of likely N-dealkylation sites (N-methyl/N-ethyl adjacent to an activating group) is 1. The van der Waals surface area contributed by atoms with Crippen LogP contribution in [-0.4, -0.2) is 54.4 Å². The third-order valence-electron chi connectivity index (χ3n) is 2.48. The molecule has 0 aliphatic rings. The fourth-order valence-electron chi connectivity index (χ4n) is 1.48. The molecule has 1 rings (SSSR count). The second-order valence-corrected chi connectivity index (χ2v) is 5.08. The maximum Gasteiger partial charge on any atom is 0.352 e. The molecule has 1 heterocycles. The number of rotatable bonds is 7. The van der Waals surface area contributed by atoms with Gasteiger partial charge in [0.2, 0.25) is 0 Å². The first kappa shape index (κ1) is 14.5. The predicted octanol–water partition coefficient (Wildman–Crippen LogP) is 1.37. The van der Waals surface area contributed by atoms with Crippen LogP contribution >= 0.6 is 22.6 Å². The Morgan fingerprint density at radius 2 is 2.29 bits per heavy atom. The zero-order chi connectivity index (χ0) is 12.8. The highest BCUT2D eigenvalue weighted by Crippen LogP contribution is 2.11. The van der Waals surface area contributed by atoms with Crippen LogP contribution in [-0.2, 0) is 11.3 Å². The van der Waals surface area contributed by atoms with Crippen LogP contribution < -0.4 is 0 Å². The van der Waals surface area contributed by atoms with Crippen LogP contribution in [0.25, 0.3) is 0 Å². The number of aromatic carboxylic acids is 1. The van der Waals surface area contributed by atoms with Crippen LogP contribution in [0.4, 0.5) is 0 Å². The van der Waals surface area contributed by atoms with Gasteiger partial charge in [-0.05, 0) is 35.7 Å². The number of ether oxygens (including phenoxy) is 1. The predicted molar refractivity (Wildman–Crippen MR) is 73.5 cm³/mol. The molecule has 0 atom stereocenters. The van der Waals surface area contributed by atoms with Crippen LogP contribution in [0.3, 0.4) is 0 Å². The van der Waals surface area contributed by atoms with Crippen LogP contribution in [0.1, 0.15) is 10.5 Å². The number of aromatic nitrogens is 1. The van der Waals surface area contributed by atoms with E-state index in [-0.39, 0.29) is 0 Å². The van der Waals surface area contributed by atoms with Crippen LogP contribution in [0.5, 0.6) is 0 Å². The van der Waals surface area contributed by atoms with Crippen LogP contribution in [0.2, 0.25) is 0 Å². The minimum atomic E-state index is -0.882. The van der Waals surface area contributed by atoms with Gasteiger partial charge >= 0.3 is 5.97 Å². The molecule has 0 saturated carbocycles. The molecule has 0 radical (unpaired) electrons. The van der Waals surface area contributed by atoms with Gasteiger partial charge in [0.05, 0.1) is 6.61 Å². The monoisotopic (exact) mass is 352 g/mol. The molecule has 0 fully saturated rings. The lowest BCUT2D eigenvalue weighted by atomic mass is 10.4. The molecule has 5 nitrogen and oxygen atoms in total. The standard InChI is InChI=1S/C11H17IN2O3/c1-13(5-6-17-2)3-4-14-8-9(12)7-10(14)11(15)16/h7-8H,3-6H2,1-2H3,(H,15,16). The van der Waals surface area contributed by atoms with Gasteiger partial charge in [0, 0.05) is 36.5 Å². The Morgan fingerprint density at radius 1 is 1.59 bits per heavy atom. The van der Waals surface area contributed by atoms with Gasteiger partial charge in [-0.3, -0.25) is 0 Å². The number of hydrogen-bond acceptors (Lipinski definition) is 3. The third kappa shape index (κ3) is 4.64. The summed E-state index contributed by atoms with van der Waals surface area (Å²) in [6.45, 7) is 3.00. The van der Waals surface area contributed by atoms with Crippen LogP contribution in [0, 0.1) is 3.57 Å². The van der Waals surface area contributed by atoms with Crippen molar-refractivity contribution in [2.45, 2.75) is 6.54 Å². The Kier molecular flexibility index (Phi) is 5.93. The summed E-state index contributed by atoms with van der Waals surface area (Å²) < 4.78 is 7.70. The van der Waals surface area contributed by atoms with Gasteiger partial charge in [-0.1, -0.05) is 0 Å². The summed E-state index contributed by atoms with van der Waals surface area (Å²) in [5.41, 5.74) is 0.342. The number of carbonyl (C=O) groups is 1. The second-order valence-electron chi connectivity index (χ2n) is 3.84. The van der Waals surface area contributed by atoms with Gasteiger partial charge < -0.3 is 19.3 Å². The van der Waals surface area contributed by atoms with Crippen molar-refractivity contribution in [3.05, 3.63) is 21.5 Å². The highest BCUT2D eigenvalue weighted by Gasteiger charge is 2.11. The van der Waals surface area contributed by atoms with Crippen molar-refractivity contribution in [2.24, 2.45) is 0 Å². The molecule has 0 spiro atoms. The number of methoxy groups -OCH3 is 1.